The maximum absolute atomic E-state index is 4.46. The van der Waals surface area contributed by atoms with E-state index in [4.69, 9.17) is 0 Å². The predicted molar refractivity (Wildman–Crippen MR) is 28.7 cm³/mol. The first-order valence-electron chi connectivity index (χ1n) is 1.44. The van der Waals surface area contributed by atoms with Gasteiger partial charge in [0, 0.05) is 6.26 Å². The molecule has 0 aromatic carbocycles. The van der Waals surface area contributed by atoms with Crippen LogP contribution in [0.15, 0.2) is 0 Å². The summed E-state index contributed by atoms with van der Waals surface area (Å²) in [5.74, 6) is 3.51. The van der Waals surface area contributed by atoms with E-state index >= 15 is 0 Å². The molecule has 0 amide bonds. The molecular formula is C3H8O2S. The van der Waals surface area contributed by atoms with Gasteiger partial charge in [-0.1, -0.05) is 0 Å². The Balaban J connectivity index is 2.83. The molecule has 0 aromatic rings. The van der Waals surface area contributed by atoms with Crippen LogP contribution in [-0.4, -0.2) is 19.2 Å². The fourth-order valence-corrected chi connectivity index (χ4v) is 0.348. The second kappa shape index (κ2) is 3.33. The van der Waals surface area contributed by atoms with Gasteiger partial charge in [-0.3, -0.25) is 0 Å². The van der Waals surface area contributed by atoms with Crippen molar-refractivity contribution in [3.05, 3.63) is 0 Å². The van der Waals surface area contributed by atoms with E-state index in [1.807, 2.05) is 6.26 Å². The Morgan fingerprint density at radius 3 is 2.17 bits per heavy atom. The normalized spacial score (nSPS) is 14.3. The fraction of sp³-hybridized carbons (Fsp3) is 0.667. The van der Waals surface area contributed by atoms with Crippen LogP contribution in [0.1, 0.15) is 0 Å². The summed E-state index contributed by atoms with van der Waals surface area (Å²) < 4.78 is 4.46. The molecule has 0 aromatic heterocycles. The van der Waals surface area contributed by atoms with Gasteiger partial charge in [-0.15, -0.1) is 0 Å². The molecule has 0 spiro atoms. The first kappa shape index (κ1) is 6.14. The van der Waals surface area contributed by atoms with Gasteiger partial charge < -0.3 is 0 Å². The Kier molecular flexibility index (Phi) is 3.41. The molecule has 2 nitrogen and oxygen atoms in total. The molecule has 0 radical (unpaired) electrons. The molecule has 38 valence electrons. The zero-order valence-corrected chi connectivity index (χ0v) is 4.75. The Morgan fingerprint density at radius 2 is 2.17 bits per heavy atom. The van der Waals surface area contributed by atoms with Gasteiger partial charge in [0.05, 0.1) is 7.11 Å². The molecule has 0 heterocycles. The molecule has 0 aliphatic carbocycles. The van der Waals surface area contributed by atoms with Crippen molar-refractivity contribution < 1.29 is 9.22 Å². The van der Waals surface area contributed by atoms with E-state index in [1.165, 1.54) is 7.11 Å². The van der Waals surface area contributed by atoms with Crippen LogP contribution in [0.25, 0.3) is 0 Å². The Morgan fingerprint density at radius 1 is 1.67 bits per heavy atom. The lowest BCUT2D eigenvalue weighted by Gasteiger charge is -1.92. The molecule has 0 N–H and O–H groups in total. The van der Waals surface area contributed by atoms with Crippen LogP contribution in [0.2, 0.25) is 0 Å². The van der Waals surface area contributed by atoms with Gasteiger partial charge in [-0.05, 0) is 16.6 Å². The van der Waals surface area contributed by atoms with Crippen molar-refractivity contribution in [1.82, 2.24) is 0 Å². The SMILES string of the molecule is C=S(C)OOC. The third kappa shape index (κ3) is 4.14. The zero-order chi connectivity index (χ0) is 4.99. The number of hydrogen-bond acceptors (Lipinski definition) is 2. The van der Waals surface area contributed by atoms with Crippen LogP contribution in [0, 0.1) is 0 Å². The molecule has 0 aliphatic heterocycles. The van der Waals surface area contributed by atoms with Gasteiger partial charge in [-0.2, -0.15) is 4.33 Å². The molecular weight excluding hydrogens is 100 g/mol. The molecule has 3 heteroatoms. The lowest BCUT2D eigenvalue weighted by Crippen LogP contribution is -1.75. The number of rotatable bonds is 2. The lowest BCUT2D eigenvalue weighted by atomic mass is 11.8. The van der Waals surface area contributed by atoms with Crippen LogP contribution in [0.3, 0.4) is 0 Å². The monoisotopic (exact) mass is 108 g/mol. The van der Waals surface area contributed by atoms with Crippen molar-refractivity contribution in [2.45, 2.75) is 0 Å². The average Bonchev–Trinajstić information content (AvgIpc) is 1.35. The highest BCUT2D eigenvalue weighted by Gasteiger charge is 1.72. The van der Waals surface area contributed by atoms with Crippen LogP contribution in [0.5, 0.6) is 0 Å². The molecule has 6 heavy (non-hydrogen) atoms. The highest BCUT2D eigenvalue weighted by Crippen LogP contribution is 2.01. The molecule has 0 bridgehead atoms. The zero-order valence-electron chi connectivity index (χ0n) is 3.93. The predicted octanol–water partition coefficient (Wildman–Crippen LogP) is 0.810. The molecule has 1 atom stereocenters. The van der Waals surface area contributed by atoms with Gasteiger partial charge in [0.1, 0.15) is 0 Å². The van der Waals surface area contributed by atoms with Gasteiger partial charge in [0.25, 0.3) is 0 Å². The summed E-state index contributed by atoms with van der Waals surface area (Å²) in [6.45, 7) is 0. The van der Waals surface area contributed by atoms with E-state index in [-0.39, 0.29) is 10.8 Å². The fourth-order valence-electron chi connectivity index (χ4n) is 0.116. The standard InChI is InChI=1S/C3H8O2S/c1-4-5-6(2)3/h2H2,1,3H3. The molecule has 0 saturated carbocycles. The maximum atomic E-state index is 4.46. The smallest absolute Gasteiger partial charge is 0.0725 e. The highest BCUT2D eigenvalue weighted by molar-refractivity contribution is 8.09. The van der Waals surface area contributed by atoms with Gasteiger partial charge in [0.15, 0.2) is 0 Å². The van der Waals surface area contributed by atoms with E-state index < -0.39 is 0 Å². The molecule has 0 saturated heterocycles. The summed E-state index contributed by atoms with van der Waals surface area (Å²) in [6, 6.07) is 0. The summed E-state index contributed by atoms with van der Waals surface area (Å²) in [5.41, 5.74) is 0. The largest absolute Gasteiger partial charge is 0.228 e. The molecule has 0 aliphatic rings. The second-order valence-corrected chi connectivity index (χ2v) is 2.09. The van der Waals surface area contributed by atoms with Crippen LogP contribution < -0.4 is 0 Å². The minimum atomic E-state index is -0.288. The summed E-state index contributed by atoms with van der Waals surface area (Å²) in [5, 5.41) is 0. The van der Waals surface area contributed by atoms with E-state index in [2.05, 4.69) is 15.1 Å². The van der Waals surface area contributed by atoms with Crippen molar-refractivity contribution in [3.8, 4) is 0 Å². The topological polar surface area (TPSA) is 18.5 Å². The number of hydrogen-bond donors (Lipinski definition) is 0. The van der Waals surface area contributed by atoms with E-state index in [1.54, 1.807) is 0 Å². The Hall–Kier alpha value is 0.140. The van der Waals surface area contributed by atoms with Crippen LogP contribution in [-0.2, 0) is 9.22 Å². The Labute approximate surface area is 40.1 Å². The minimum absolute atomic E-state index is 0.288. The van der Waals surface area contributed by atoms with E-state index in [0.29, 0.717) is 0 Å². The van der Waals surface area contributed by atoms with Crippen LogP contribution in [0.4, 0.5) is 0 Å². The van der Waals surface area contributed by atoms with Gasteiger partial charge in [0.2, 0.25) is 0 Å². The summed E-state index contributed by atoms with van der Waals surface area (Å²) in [7, 11) is 1.18. The van der Waals surface area contributed by atoms with Crippen molar-refractivity contribution in [1.29, 1.82) is 0 Å². The Bertz CT molecular complexity index is 52.8. The lowest BCUT2D eigenvalue weighted by molar-refractivity contribution is -0.160. The molecule has 0 fully saturated rings. The molecule has 0 rings (SSSR count). The molecule has 1 unspecified atom stereocenters. The first-order chi connectivity index (χ1) is 2.77. The van der Waals surface area contributed by atoms with E-state index in [0.717, 1.165) is 0 Å². The van der Waals surface area contributed by atoms with Gasteiger partial charge >= 0.3 is 0 Å². The third-order valence-electron chi connectivity index (χ3n) is 0.184. The third-order valence-corrected chi connectivity index (χ3v) is 0.553. The second-order valence-electron chi connectivity index (χ2n) is 0.808. The average molecular weight is 108 g/mol. The minimum Gasteiger partial charge on any atom is -0.228 e. The summed E-state index contributed by atoms with van der Waals surface area (Å²) in [4.78, 5) is 4.25. The van der Waals surface area contributed by atoms with Crippen molar-refractivity contribution in [2.24, 2.45) is 0 Å². The van der Waals surface area contributed by atoms with Crippen molar-refractivity contribution >= 4 is 16.6 Å². The van der Waals surface area contributed by atoms with Crippen LogP contribution >= 0.6 is 10.8 Å². The highest BCUT2D eigenvalue weighted by atomic mass is 32.2. The van der Waals surface area contributed by atoms with Crippen molar-refractivity contribution in [2.75, 3.05) is 13.4 Å². The van der Waals surface area contributed by atoms with E-state index in [9.17, 15) is 0 Å². The summed E-state index contributed by atoms with van der Waals surface area (Å²) in [6.07, 6.45) is 1.82. The summed E-state index contributed by atoms with van der Waals surface area (Å²) >= 11 is 0. The van der Waals surface area contributed by atoms with Crippen molar-refractivity contribution in [3.63, 3.8) is 0 Å². The van der Waals surface area contributed by atoms with Gasteiger partial charge in [-0.25, -0.2) is 4.89 Å². The maximum Gasteiger partial charge on any atom is 0.0725 e. The first-order valence-corrected chi connectivity index (χ1v) is 3.17. The quantitative estimate of drug-likeness (QED) is 0.296.